The van der Waals surface area contributed by atoms with E-state index in [0.717, 1.165) is 17.4 Å². The van der Waals surface area contributed by atoms with E-state index in [1.165, 1.54) is 12.1 Å². The number of para-hydroxylation sites is 1. The molecule has 0 aliphatic carbocycles. The number of amides is 1. The molecule has 150 valence electrons. The van der Waals surface area contributed by atoms with Gasteiger partial charge in [-0.05, 0) is 61.0 Å². The van der Waals surface area contributed by atoms with Crippen LogP contribution in [0.1, 0.15) is 15.9 Å². The Hall–Kier alpha value is -3.44. The second-order valence-electron chi connectivity index (χ2n) is 6.78. The smallest absolute Gasteiger partial charge is 0.256 e. The normalized spacial score (nSPS) is 10.8. The molecular formula is C24H18ClFN2O2. The summed E-state index contributed by atoms with van der Waals surface area (Å²) in [6.07, 6.45) is 0. The number of carbonyl (C=O) groups is 1. The van der Waals surface area contributed by atoms with Crippen molar-refractivity contribution < 1.29 is 13.9 Å². The highest BCUT2D eigenvalue weighted by atomic mass is 35.5. The molecule has 0 aliphatic heterocycles. The molecule has 0 unspecified atom stereocenters. The van der Waals surface area contributed by atoms with E-state index in [0.29, 0.717) is 27.7 Å². The highest BCUT2D eigenvalue weighted by Crippen LogP contribution is 2.31. The number of hydrogen-bond acceptors (Lipinski definition) is 3. The first-order valence-corrected chi connectivity index (χ1v) is 9.66. The predicted octanol–water partition coefficient (Wildman–Crippen LogP) is 6.26. The Morgan fingerprint density at radius 3 is 2.50 bits per heavy atom. The van der Waals surface area contributed by atoms with Gasteiger partial charge in [0.1, 0.15) is 11.6 Å². The first kappa shape index (κ1) is 19.9. The number of carbonyl (C=O) groups excluding carboxylic acids is 1. The van der Waals surface area contributed by atoms with Gasteiger partial charge in [-0.3, -0.25) is 4.79 Å². The Labute approximate surface area is 178 Å². The van der Waals surface area contributed by atoms with E-state index < -0.39 is 11.7 Å². The second kappa shape index (κ2) is 8.13. The number of benzene rings is 3. The van der Waals surface area contributed by atoms with Crippen molar-refractivity contribution in [3.63, 3.8) is 0 Å². The molecule has 0 bridgehead atoms. The van der Waals surface area contributed by atoms with Crippen molar-refractivity contribution in [3.05, 3.63) is 88.7 Å². The molecule has 1 aromatic heterocycles. The molecule has 0 saturated carbocycles. The summed E-state index contributed by atoms with van der Waals surface area (Å²) in [6.45, 7) is 1.84. The number of pyridine rings is 1. The number of fused-ring (bicyclic) bond motifs is 1. The van der Waals surface area contributed by atoms with E-state index in [1.54, 1.807) is 7.11 Å². The topological polar surface area (TPSA) is 51.2 Å². The van der Waals surface area contributed by atoms with Crippen LogP contribution < -0.4 is 10.1 Å². The SMILES string of the molecule is COc1ccc(-c2nc3ccccc3c(C(=O)Nc3ccc(Cl)cc3F)c2C)cc1. The maximum atomic E-state index is 14.2. The third-order valence-corrected chi connectivity index (χ3v) is 5.14. The third-order valence-electron chi connectivity index (χ3n) is 4.91. The Bertz CT molecular complexity index is 1260. The molecule has 0 atom stereocenters. The molecule has 6 heteroatoms. The zero-order chi connectivity index (χ0) is 21.3. The Kier molecular flexibility index (Phi) is 5.38. The average Bonchev–Trinajstić information content (AvgIpc) is 2.75. The first-order valence-electron chi connectivity index (χ1n) is 9.28. The van der Waals surface area contributed by atoms with Gasteiger partial charge in [0.15, 0.2) is 0 Å². The van der Waals surface area contributed by atoms with Gasteiger partial charge in [-0.15, -0.1) is 0 Å². The summed E-state index contributed by atoms with van der Waals surface area (Å²) in [5, 5.41) is 3.62. The molecule has 0 saturated heterocycles. The van der Waals surface area contributed by atoms with Gasteiger partial charge in [-0.1, -0.05) is 29.8 Å². The molecule has 1 amide bonds. The number of nitrogens with one attached hydrogen (secondary N) is 1. The summed E-state index contributed by atoms with van der Waals surface area (Å²) in [5.41, 5.74) is 3.42. The van der Waals surface area contributed by atoms with Crippen LogP contribution in [0.25, 0.3) is 22.2 Å². The molecule has 4 nitrogen and oxygen atoms in total. The lowest BCUT2D eigenvalue weighted by atomic mass is 9.97. The van der Waals surface area contributed by atoms with Gasteiger partial charge in [-0.25, -0.2) is 9.37 Å². The van der Waals surface area contributed by atoms with Crippen molar-refractivity contribution in [3.8, 4) is 17.0 Å². The van der Waals surface area contributed by atoms with Crippen molar-refractivity contribution in [2.24, 2.45) is 0 Å². The molecule has 0 aliphatic rings. The molecule has 3 aromatic carbocycles. The van der Waals surface area contributed by atoms with Gasteiger partial charge in [0.2, 0.25) is 0 Å². The minimum atomic E-state index is -0.595. The van der Waals surface area contributed by atoms with Gasteiger partial charge < -0.3 is 10.1 Å². The van der Waals surface area contributed by atoms with E-state index in [4.69, 9.17) is 21.3 Å². The fourth-order valence-electron chi connectivity index (χ4n) is 3.41. The maximum Gasteiger partial charge on any atom is 0.256 e. The van der Waals surface area contributed by atoms with Crippen LogP contribution in [0.2, 0.25) is 5.02 Å². The number of aromatic nitrogens is 1. The van der Waals surface area contributed by atoms with Crippen molar-refractivity contribution >= 4 is 34.1 Å². The molecule has 1 heterocycles. The molecule has 30 heavy (non-hydrogen) atoms. The lowest BCUT2D eigenvalue weighted by Gasteiger charge is -2.15. The minimum absolute atomic E-state index is 0.0655. The number of ether oxygens (including phenoxy) is 1. The molecule has 1 N–H and O–H groups in total. The predicted molar refractivity (Wildman–Crippen MR) is 118 cm³/mol. The van der Waals surface area contributed by atoms with Crippen molar-refractivity contribution in [2.45, 2.75) is 6.92 Å². The molecule has 4 aromatic rings. The fourth-order valence-corrected chi connectivity index (χ4v) is 3.56. The van der Waals surface area contributed by atoms with E-state index >= 15 is 0 Å². The summed E-state index contributed by atoms with van der Waals surface area (Å²) in [6, 6.07) is 19.0. The lowest BCUT2D eigenvalue weighted by molar-refractivity contribution is 0.102. The summed E-state index contributed by atoms with van der Waals surface area (Å²) in [4.78, 5) is 18.0. The standard InChI is InChI=1S/C24H18ClFN2O2/c1-14-22(24(29)28-21-12-9-16(25)13-19(21)26)18-5-3-4-6-20(18)27-23(14)15-7-10-17(30-2)11-8-15/h3-13H,1-2H3,(H,28,29). The van der Waals surface area contributed by atoms with Crippen LogP contribution in [-0.2, 0) is 0 Å². The lowest BCUT2D eigenvalue weighted by Crippen LogP contribution is -2.16. The van der Waals surface area contributed by atoms with Crippen molar-refractivity contribution in [1.82, 2.24) is 4.98 Å². The Morgan fingerprint density at radius 2 is 1.80 bits per heavy atom. The zero-order valence-electron chi connectivity index (χ0n) is 16.4. The summed E-state index contributed by atoms with van der Waals surface area (Å²) in [5.74, 6) is -0.280. The van der Waals surface area contributed by atoms with Crippen molar-refractivity contribution in [2.75, 3.05) is 12.4 Å². The van der Waals surface area contributed by atoms with Crippen LogP contribution in [0.4, 0.5) is 10.1 Å². The van der Waals surface area contributed by atoms with Crippen LogP contribution in [0.3, 0.4) is 0 Å². The summed E-state index contributed by atoms with van der Waals surface area (Å²) in [7, 11) is 1.60. The van der Waals surface area contributed by atoms with Crippen LogP contribution in [0.15, 0.2) is 66.7 Å². The van der Waals surface area contributed by atoms with Crippen LogP contribution in [0, 0.1) is 12.7 Å². The fraction of sp³-hybridized carbons (Fsp3) is 0.0833. The number of rotatable bonds is 4. The molecular weight excluding hydrogens is 403 g/mol. The van der Waals surface area contributed by atoms with Crippen LogP contribution >= 0.6 is 11.6 Å². The average molecular weight is 421 g/mol. The largest absolute Gasteiger partial charge is 0.497 e. The van der Waals surface area contributed by atoms with Crippen LogP contribution in [-0.4, -0.2) is 18.0 Å². The zero-order valence-corrected chi connectivity index (χ0v) is 17.1. The first-order chi connectivity index (χ1) is 14.5. The maximum absolute atomic E-state index is 14.2. The molecule has 4 rings (SSSR count). The van der Waals surface area contributed by atoms with Gasteiger partial charge in [0.05, 0.1) is 29.6 Å². The number of nitrogens with zero attached hydrogens (tertiary/aromatic N) is 1. The molecule has 0 radical (unpaired) electrons. The Balaban J connectivity index is 1.85. The van der Waals surface area contributed by atoms with Crippen molar-refractivity contribution in [1.29, 1.82) is 0 Å². The molecule has 0 spiro atoms. The van der Waals surface area contributed by atoms with E-state index in [2.05, 4.69) is 5.32 Å². The Morgan fingerprint density at radius 1 is 1.07 bits per heavy atom. The number of hydrogen-bond donors (Lipinski definition) is 1. The minimum Gasteiger partial charge on any atom is -0.497 e. The number of anilines is 1. The van der Waals surface area contributed by atoms with Crippen LogP contribution in [0.5, 0.6) is 5.75 Å². The van der Waals surface area contributed by atoms with Gasteiger partial charge in [0, 0.05) is 16.0 Å². The number of halogens is 2. The van der Waals surface area contributed by atoms with Gasteiger partial charge >= 0.3 is 0 Å². The second-order valence-corrected chi connectivity index (χ2v) is 7.22. The summed E-state index contributed by atoms with van der Waals surface area (Å²) >= 11 is 5.81. The third kappa shape index (κ3) is 3.72. The quantitative estimate of drug-likeness (QED) is 0.423. The summed E-state index contributed by atoms with van der Waals surface area (Å²) < 4.78 is 19.5. The van der Waals surface area contributed by atoms with Gasteiger partial charge in [-0.2, -0.15) is 0 Å². The monoisotopic (exact) mass is 420 g/mol. The van der Waals surface area contributed by atoms with E-state index in [-0.39, 0.29) is 10.7 Å². The highest BCUT2D eigenvalue weighted by molar-refractivity contribution is 6.30. The van der Waals surface area contributed by atoms with Gasteiger partial charge in [0.25, 0.3) is 5.91 Å². The van der Waals surface area contributed by atoms with E-state index in [1.807, 2.05) is 55.5 Å². The highest BCUT2D eigenvalue weighted by Gasteiger charge is 2.20. The molecule has 0 fully saturated rings. The number of methoxy groups -OCH3 is 1. The van der Waals surface area contributed by atoms with E-state index in [9.17, 15) is 9.18 Å².